The molecule has 4 aromatic carbocycles. The van der Waals surface area contributed by atoms with Gasteiger partial charge >= 0.3 is 36.3 Å². The molecule has 4 N–H and O–H groups in total. The lowest BCUT2D eigenvalue weighted by Gasteiger charge is -2.30. The van der Waals surface area contributed by atoms with E-state index in [0.29, 0.717) is 98.6 Å². The van der Waals surface area contributed by atoms with Crippen LogP contribution in [0, 0.1) is 54.7 Å². The molecule has 8 atom stereocenters. The molecule has 4 rings (SSSR count). The third kappa shape index (κ3) is 24.9. The maximum atomic E-state index is 14.1. The molecule has 0 bridgehead atoms. The van der Waals surface area contributed by atoms with Gasteiger partial charge in [0.05, 0.1) is 54.8 Å². The Morgan fingerprint density at radius 3 is 1.15 bits per heavy atom. The van der Waals surface area contributed by atoms with Crippen molar-refractivity contribution >= 4 is 23.8 Å². The number of carbonyl (C=O) groups excluding carboxylic acids is 4. The van der Waals surface area contributed by atoms with Gasteiger partial charge in [-0.3, -0.25) is 19.4 Å². The van der Waals surface area contributed by atoms with Crippen molar-refractivity contribution in [1.29, 1.82) is 10.5 Å². The first-order valence-corrected chi connectivity index (χ1v) is 30.0. The minimum atomic E-state index is -2.39. The summed E-state index contributed by atoms with van der Waals surface area (Å²) in [7, 11) is 12.6. The van der Waals surface area contributed by atoms with Crippen molar-refractivity contribution in [3.05, 3.63) is 115 Å². The van der Waals surface area contributed by atoms with E-state index in [4.69, 9.17) is 47.4 Å². The van der Waals surface area contributed by atoms with Crippen LogP contribution in [0.2, 0.25) is 0 Å². The predicted molar refractivity (Wildman–Crippen MR) is 335 cm³/mol. The number of carbonyl (C=O) groups is 4. The van der Waals surface area contributed by atoms with Crippen LogP contribution in [-0.4, -0.2) is 157 Å². The first kappa shape index (κ1) is 77.7. The molecule has 0 aliphatic heterocycles. The van der Waals surface area contributed by atoms with E-state index in [1.165, 1.54) is 40.2 Å². The third-order valence-electron chi connectivity index (χ3n) is 15.0. The van der Waals surface area contributed by atoms with Crippen LogP contribution >= 0.6 is 0 Å². The fraction of sp³-hybridized carbons (Fsp3) is 0.531. The standard InChI is InChI=1S/C64H86N8O20.H2O/c1-13-15-45(37-65)17-23-49(69(5)31-29-43-19-25-51(81-7)55(33-43)85-11)47-21-27-53(83-9)57(35-47)87-63(59(73)67-39-41(3)91-71(77)78)89-61(75)62(76)90-64(60(74)68-40-42(4)92-72(79)80)88-58-36-48(22-28-54(58)84-10)50(24-18-46(38-66)16-14-2)70(6)32-30-44-20-26-52(82-8)56(34-44)86-12;/h19-22,25-28,33-36,41-42,45-46,49-50,63-64H,13-18,23-24,29-32,39-40H2,1-12H3,(H,67,73)(H,68,74);1H2. The van der Waals surface area contributed by atoms with Crippen LogP contribution in [0.4, 0.5) is 0 Å². The molecule has 0 fully saturated rings. The lowest BCUT2D eigenvalue weighted by atomic mass is 9.92. The summed E-state index contributed by atoms with van der Waals surface area (Å²) >= 11 is 0. The summed E-state index contributed by atoms with van der Waals surface area (Å²) in [6, 6.07) is 24.9. The van der Waals surface area contributed by atoms with Crippen LogP contribution in [0.3, 0.4) is 0 Å². The molecule has 0 saturated heterocycles. The van der Waals surface area contributed by atoms with Gasteiger partial charge in [0, 0.05) is 50.1 Å². The number of hydrogen-bond donors (Lipinski definition) is 2. The molecule has 2 amide bonds. The Morgan fingerprint density at radius 1 is 0.505 bits per heavy atom. The number of methoxy groups -OCH3 is 6. The highest BCUT2D eigenvalue weighted by Crippen LogP contribution is 2.38. The normalized spacial score (nSPS) is 13.4. The number of rotatable bonds is 42. The van der Waals surface area contributed by atoms with E-state index in [9.17, 15) is 49.9 Å². The highest BCUT2D eigenvalue weighted by Gasteiger charge is 2.36. The zero-order chi connectivity index (χ0) is 67.9. The Labute approximate surface area is 541 Å². The number of amides is 2. The second-order valence-electron chi connectivity index (χ2n) is 21.6. The summed E-state index contributed by atoms with van der Waals surface area (Å²) in [4.78, 5) is 92.1. The number of likely N-dealkylation sites (N-methyl/N-ethyl adjacent to an activating group) is 2. The number of hydrogen-bond acceptors (Lipinski definition) is 24. The van der Waals surface area contributed by atoms with E-state index in [-0.39, 0.29) is 40.3 Å². The van der Waals surface area contributed by atoms with Crippen LogP contribution in [0.25, 0.3) is 0 Å². The Hall–Kier alpha value is -9.58. The first-order valence-electron chi connectivity index (χ1n) is 30.0. The summed E-state index contributed by atoms with van der Waals surface area (Å²) in [5, 5.41) is 45.1. The van der Waals surface area contributed by atoms with Crippen molar-refractivity contribution in [2.45, 2.75) is 129 Å². The van der Waals surface area contributed by atoms with Crippen molar-refractivity contribution < 1.29 is 91.9 Å². The van der Waals surface area contributed by atoms with E-state index < -0.39 is 83.9 Å². The quantitative estimate of drug-likeness (QED) is 0.0143. The van der Waals surface area contributed by atoms with Crippen LogP contribution in [-0.2, 0) is 51.2 Å². The number of nitriles is 2. The molecule has 510 valence electrons. The molecular formula is C64H88N8O21. The Kier molecular flexibility index (Phi) is 33.7. The molecule has 4 aromatic rings. The molecule has 0 saturated carbocycles. The SMILES string of the molecule is CCCC(C#N)CCC(c1ccc(OC)c(OC(OC(=O)C(=O)OC(Oc2cc(C(CCC(C#N)CCC)N(C)CCc3ccc(OC)c(OC)c3)ccc2OC)C(=O)NCC(C)O[N+](=O)[O-])C(=O)NCC(C)O[N+](=O)[O-])c1)N(C)CCc1ccc(OC)c(OC)c1.O. The fourth-order valence-corrected chi connectivity index (χ4v) is 10.0. The Balaban J connectivity index is 0.0000226. The molecule has 8 unspecified atom stereocenters. The van der Waals surface area contributed by atoms with E-state index >= 15 is 0 Å². The number of nitrogens with zero attached hydrogens (tertiary/aromatic N) is 6. The number of nitrogens with one attached hydrogen (secondary N) is 2. The molecule has 29 nitrogen and oxygen atoms in total. The number of ether oxygens (including phenoxy) is 10. The van der Waals surface area contributed by atoms with Crippen LogP contribution < -0.4 is 48.5 Å². The third-order valence-corrected chi connectivity index (χ3v) is 15.0. The molecule has 93 heavy (non-hydrogen) atoms. The van der Waals surface area contributed by atoms with E-state index in [1.54, 1.807) is 52.7 Å². The minimum absolute atomic E-state index is 0. The van der Waals surface area contributed by atoms with Gasteiger partial charge in [-0.2, -0.15) is 10.5 Å². The summed E-state index contributed by atoms with van der Waals surface area (Å²) in [5.74, 6) is -4.93. The molecule has 0 aliphatic carbocycles. The molecule has 0 aliphatic rings. The highest BCUT2D eigenvalue weighted by atomic mass is 17.0. The molecule has 0 radical (unpaired) electrons. The fourth-order valence-electron chi connectivity index (χ4n) is 10.0. The van der Waals surface area contributed by atoms with Gasteiger partial charge in [-0.15, -0.1) is 20.2 Å². The average molecular weight is 1310 g/mol. The van der Waals surface area contributed by atoms with E-state index in [0.717, 1.165) is 24.0 Å². The van der Waals surface area contributed by atoms with Crippen LogP contribution in [0.5, 0.6) is 46.0 Å². The van der Waals surface area contributed by atoms with Gasteiger partial charge in [-0.25, -0.2) is 9.59 Å². The van der Waals surface area contributed by atoms with Crippen molar-refractivity contribution in [1.82, 2.24) is 20.4 Å². The Morgan fingerprint density at radius 2 is 0.839 bits per heavy atom. The van der Waals surface area contributed by atoms with Gasteiger partial charge < -0.3 is 73.2 Å². The largest absolute Gasteiger partial charge is 0.493 e. The van der Waals surface area contributed by atoms with Crippen molar-refractivity contribution in [2.75, 3.05) is 82.9 Å². The lowest BCUT2D eigenvalue weighted by Crippen LogP contribution is -2.47. The monoisotopic (exact) mass is 1300 g/mol. The minimum Gasteiger partial charge on any atom is -0.493 e. The number of esters is 2. The summed E-state index contributed by atoms with van der Waals surface area (Å²) in [5.41, 5.74) is 3.11. The van der Waals surface area contributed by atoms with Crippen LogP contribution in [0.15, 0.2) is 72.8 Å². The van der Waals surface area contributed by atoms with Gasteiger partial charge in [0.2, 0.25) is 0 Å². The average Bonchev–Trinajstić information content (AvgIpc) is 0.892. The number of benzene rings is 4. The van der Waals surface area contributed by atoms with E-state index in [2.05, 4.69) is 42.2 Å². The van der Waals surface area contributed by atoms with E-state index in [1.807, 2.05) is 64.3 Å². The summed E-state index contributed by atoms with van der Waals surface area (Å²) in [6.45, 7) is 6.45. The van der Waals surface area contributed by atoms with Gasteiger partial charge in [0.1, 0.15) is 12.2 Å². The first-order chi connectivity index (χ1) is 44.1. The predicted octanol–water partition coefficient (Wildman–Crippen LogP) is 7.41. The Bertz CT molecular complexity index is 2940. The highest BCUT2D eigenvalue weighted by molar-refractivity contribution is 6.30. The molecular weight excluding hydrogens is 1220 g/mol. The zero-order valence-electron chi connectivity index (χ0n) is 54.8. The zero-order valence-corrected chi connectivity index (χ0v) is 54.8. The smallest absolute Gasteiger partial charge is 0.421 e. The van der Waals surface area contributed by atoms with Crippen molar-refractivity contribution in [3.8, 4) is 58.1 Å². The second kappa shape index (κ2) is 40.3. The molecule has 0 heterocycles. The lowest BCUT2D eigenvalue weighted by molar-refractivity contribution is -0.767. The summed E-state index contributed by atoms with van der Waals surface area (Å²) < 4.78 is 56.3. The van der Waals surface area contributed by atoms with Crippen molar-refractivity contribution in [2.24, 2.45) is 11.8 Å². The van der Waals surface area contributed by atoms with Gasteiger partial charge in [-0.05, 0) is 150 Å². The van der Waals surface area contributed by atoms with Crippen LogP contribution in [0.1, 0.15) is 113 Å². The molecule has 29 heteroatoms. The maximum Gasteiger partial charge on any atom is 0.421 e. The second-order valence-corrected chi connectivity index (χ2v) is 21.6. The van der Waals surface area contributed by atoms with Crippen molar-refractivity contribution in [3.63, 3.8) is 0 Å². The molecule has 0 spiro atoms. The topological polar surface area (TPSA) is 375 Å². The van der Waals surface area contributed by atoms with Gasteiger partial charge in [-0.1, -0.05) is 51.0 Å². The maximum absolute atomic E-state index is 14.1. The molecule has 0 aromatic heterocycles. The van der Waals surface area contributed by atoms with Gasteiger partial charge in [0.15, 0.2) is 46.0 Å². The summed E-state index contributed by atoms with van der Waals surface area (Å²) in [6.07, 6.45) is -1.30. The van der Waals surface area contributed by atoms with Gasteiger partial charge in [0.25, 0.3) is 10.2 Å².